The van der Waals surface area contributed by atoms with Crippen LogP contribution in [0.5, 0.6) is 0 Å². The Hall–Kier alpha value is -1.06. The molecule has 3 nitrogen and oxygen atoms in total. The standard InChI is InChI=1S/C16H26N2O/c1-12-5-6-16(13(2)9-12)18(4)14(3)10-15-11-19-8-7-17-15/h5-6,9,14-15,17H,7-8,10-11H2,1-4H3. The van der Waals surface area contributed by atoms with Gasteiger partial charge >= 0.3 is 0 Å². The van der Waals surface area contributed by atoms with Crippen LogP contribution < -0.4 is 10.2 Å². The van der Waals surface area contributed by atoms with Crippen LogP contribution >= 0.6 is 0 Å². The number of hydrogen-bond donors (Lipinski definition) is 1. The van der Waals surface area contributed by atoms with Crippen molar-refractivity contribution in [2.45, 2.75) is 39.3 Å². The Bertz CT molecular complexity index is 413. The highest BCUT2D eigenvalue weighted by Crippen LogP contribution is 2.23. The normalized spacial score (nSPS) is 21.2. The SMILES string of the molecule is Cc1ccc(N(C)C(C)CC2COCCN2)c(C)c1. The molecule has 1 saturated heterocycles. The van der Waals surface area contributed by atoms with E-state index < -0.39 is 0 Å². The molecule has 1 aliphatic heterocycles. The number of hydrogen-bond acceptors (Lipinski definition) is 3. The van der Waals surface area contributed by atoms with Gasteiger partial charge in [0.2, 0.25) is 0 Å². The number of ether oxygens (including phenoxy) is 1. The smallest absolute Gasteiger partial charge is 0.0621 e. The van der Waals surface area contributed by atoms with Crippen molar-refractivity contribution in [2.75, 3.05) is 31.7 Å². The van der Waals surface area contributed by atoms with Crippen molar-refractivity contribution in [3.8, 4) is 0 Å². The van der Waals surface area contributed by atoms with Gasteiger partial charge in [-0.3, -0.25) is 0 Å². The molecule has 0 spiro atoms. The molecule has 3 heteroatoms. The third-order valence-electron chi connectivity index (χ3n) is 4.02. The Balaban J connectivity index is 1.99. The molecule has 2 rings (SSSR count). The fourth-order valence-electron chi connectivity index (χ4n) is 2.78. The van der Waals surface area contributed by atoms with Gasteiger partial charge in [0.1, 0.15) is 0 Å². The van der Waals surface area contributed by atoms with Crippen molar-refractivity contribution in [1.82, 2.24) is 5.32 Å². The molecule has 1 aromatic rings. The lowest BCUT2D eigenvalue weighted by molar-refractivity contribution is 0.0724. The molecule has 0 radical (unpaired) electrons. The minimum Gasteiger partial charge on any atom is -0.379 e. The number of aryl methyl sites for hydroxylation is 2. The van der Waals surface area contributed by atoms with Gasteiger partial charge in [-0.25, -0.2) is 0 Å². The molecule has 2 unspecified atom stereocenters. The number of morpholine rings is 1. The van der Waals surface area contributed by atoms with Crippen LogP contribution in [0.25, 0.3) is 0 Å². The van der Waals surface area contributed by atoms with Gasteiger partial charge in [-0.05, 0) is 38.8 Å². The molecule has 0 saturated carbocycles. The maximum Gasteiger partial charge on any atom is 0.0621 e. The van der Waals surface area contributed by atoms with E-state index in [1.165, 1.54) is 16.8 Å². The van der Waals surface area contributed by atoms with Crippen molar-refractivity contribution >= 4 is 5.69 Å². The maximum atomic E-state index is 5.53. The quantitative estimate of drug-likeness (QED) is 0.902. The Morgan fingerprint density at radius 1 is 1.42 bits per heavy atom. The fourth-order valence-corrected chi connectivity index (χ4v) is 2.78. The summed E-state index contributed by atoms with van der Waals surface area (Å²) in [6, 6.07) is 7.65. The van der Waals surface area contributed by atoms with Crippen LogP contribution in [0.2, 0.25) is 0 Å². The van der Waals surface area contributed by atoms with Gasteiger partial charge in [-0.2, -0.15) is 0 Å². The molecular weight excluding hydrogens is 236 g/mol. The predicted octanol–water partition coefficient (Wildman–Crippen LogP) is 2.51. The van der Waals surface area contributed by atoms with Gasteiger partial charge in [0, 0.05) is 31.4 Å². The molecule has 0 bridgehead atoms. The molecule has 106 valence electrons. The highest BCUT2D eigenvalue weighted by molar-refractivity contribution is 5.54. The van der Waals surface area contributed by atoms with Gasteiger partial charge in [-0.15, -0.1) is 0 Å². The zero-order valence-corrected chi connectivity index (χ0v) is 12.6. The van der Waals surface area contributed by atoms with Crippen LogP contribution in [0.1, 0.15) is 24.5 Å². The number of nitrogens with one attached hydrogen (secondary N) is 1. The van der Waals surface area contributed by atoms with Crippen LogP contribution in [-0.2, 0) is 4.74 Å². The molecule has 0 aliphatic carbocycles. The summed E-state index contributed by atoms with van der Waals surface area (Å²) in [5, 5.41) is 3.53. The van der Waals surface area contributed by atoms with E-state index >= 15 is 0 Å². The molecule has 1 aromatic carbocycles. The molecule has 2 atom stereocenters. The minimum atomic E-state index is 0.483. The minimum absolute atomic E-state index is 0.483. The highest BCUT2D eigenvalue weighted by atomic mass is 16.5. The molecule has 1 heterocycles. The second-order valence-electron chi connectivity index (χ2n) is 5.71. The van der Waals surface area contributed by atoms with Gasteiger partial charge in [0.15, 0.2) is 0 Å². The van der Waals surface area contributed by atoms with Crippen LogP contribution in [0.15, 0.2) is 18.2 Å². The van der Waals surface area contributed by atoms with E-state index in [9.17, 15) is 0 Å². The summed E-state index contributed by atoms with van der Waals surface area (Å²) in [6.07, 6.45) is 1.11. The summed E-state index contributed by atoms with van der Waals surface area (Å²) in [4.78, 5) is 2.38. The van der Waals surface area contributed by atoms with E-state index in [1.807, 2.05) is 0 Å². The van der Waals surface area contributed by atoms with E-state index in [4.69, 9.17) is 4.74 Å². The second kappa shape index (κ2) is 6.40. The Kier molecular flexibility index (Phi) is 4.83. The Labute approximate surface area is 116 Å². The molecule has 19 heavy (non-hydrogen) atoms. The summed E-state index contributed by atoms with van der Waals surface area (Å²) in [6.45, 7) is 9.28. The van der Waals surface area contributed by atoms with E-state index in [-0.39, 0.29) is 0 Å². The van der Waals surface area contributed by atoms with E-state index in [0.29, 0.717) is 12.1 Å². The first-order valence-corrected chi connectivity index (χ1v) is 7.19. The summed E-state index contributed by atoms with van der Waals surface area (Å²) >= 11 is 0. The number of rotatable bonds is 4. The van der Waals surface area contributed by atoms with Gasteiger partial charge in [0.25, 0.3) is 0 Å². The first-order valence-electron chi connectivity index (χ1n) is 7.19. The van der Waals surface area contributed by atoms with Crippen LogP contribution in [0.3, 0.4) is 0 Å². The zero-order valence-electron chi connectivity index (χ0n) is 12.6. The zero-order chi connectivity index (χ0) is 13.8. The van der Waals surface area contributed by atoms with Gasteiger partial charge in [0.05, 0.1) is 13.2 Å². The van der Waals surface area contributed by atoms with Crippen molar-refractivity contribution in [2.24, 2.45) is 0 Å². The highest BCUT2D eigenvalue weighted by Gasteiger charge is 2.19. The first kappa shape index (κ1) is 14.4. The largest absolute Gasteiger partial charge is 0.379 e. The molecule has 1 fully saturated rings. The predicted molar refractivity (Wildman–Crippen MR) is 81.0 cm³/mol. The van der Waals surface area contributed by atoms with Crippen molar-refractivity contribution < 1.29 is 4.74 Å². The van der Waals surface area contributed by atoms with Crippen LogP contribution in [0.4, 0.5) is 5.69 Å². The topological polar surface area (TPSA) is 24.5 Å². The summed E-state index contributed by atoms with van der Waals surface area (Å²) < 4.78 is 5.53. The van der Waals surface area contributed by atoms with Gasteiger partial charge < -0.3 is 15.0 Å². The average Bonchev–Trinajstić information content (AvgIpc) is 2.39. The lowest BCUT2D eigenvalue weighted by atomic mass is 10.0. The van der Waals surface area contributed by atoms with Crippen molar-refractivity contribution in [1.29, 1.82) is 0 Å². The Morgan fingerprint density at radius 3 is 2.84 bits per heavy atom. The summed E-state index contributed by atoms with van der Waals surface area (Å²) in [7, 11) is 2.19. The average molecular weight is 262 g/mol. The van der Waals surface area contributed by atoms with E-state index in [0.717, 1.165) is 26.2 Å². The lowest BCUT2D eigenvalue weighted by Gasteiger charge is -2.33. The van der Waals surface area contributed by atoms with Crippen LogP contribution in [-0.4, -0.2) is 38.9 Å². The molecular formula is C16H26N2O. The summed E-state index contributed by atoms with van der Waals surface area (Å²) in [5.41, 5.74) is 4.00. The van der Waals surface area contributed by atoms with Gasteiger partial charge in [-0.1, -0.05) is 17.7 Å². The fraction of sp³-hybridized carbons (Fsp3) is 0.625. The monoisotopic (exact) mass is 262 g/mol. The molecule has 1 aliphatic rings. The van der Waals surface area contributed by atoms with Crippen molar-refractivity contribution in [3.63, 3.8) is 0 Å². The lowest BCUT2D eigenvalue weighted by Crippen LogP contribution is -2.45. The second-order valence-corrected chi connectivity index (χ2v) is 5.71. The molecule has 0 amide bonds. The van der Waals surface area contributed by atoms with E-state index in [2.05, 4.69) is 56.2 Å². The molecule has 0 aromatic heterocycles. The van der Waals surface area contributed by atoms with Crippen molar-refractivity contribution in [3.05, 3.63) is 29.3 Å². The van der Waals surface area contributed by atoms with E-state index in [1.54, 1.807) is 0 Å². The number of nitrogens with zero attached hydrogens (tertiary/aromatic N) is 1. The maximum absolute atomic E-state index is 5.53. The number of anilines is 1. The summed E-state index contributed by atoms with van der Waals surface area (Å²) in [5.74, 6) is 0. The Morgan fingerprint density at radius 2 is 2.21 bits per heavy atom. The third-order valence-corrected chi connectivity index (χ3v) is 4.02. The third kappa shape index (κ3) is 3.71. The molecule has 1 N–H and O–H groups in total. The number of benzene rings is 1. The van der Waals surface area contributed by atoms with Crippen LogP contribution in [0, 0.1) is 13.8 Å². The first-order chi connectivity index (χ1) is 9.08.